The van der Waals surface area contributed by atoms with Crippen molar-refractivity contribution in [2.45, 2.75) is 6.42 Å². The molecular formula is C10H9NO. The van der Waals surface area contributed by atoms with Crippen molar-refractivity contribution in [1.29, 1.82) is 0 Å². The molecule has 0 unspecified atom stereocenters. The zero-order valence-electron chi connectivity index (χ0n) is 6.57. The zero-order valence-corrected chi connectivity index (χ0v) is 6.57. The molecule has 1 heterocycles. The predicted octanol–water partition coefficient (Wildman–Crippen LogP) is 2.21. The zero-order chi connectivity index (χ0) is 8.39. The van der Waals surface area contributed by atoms with Gasteiger partial charge in [0.25, 0.3) is 0 Å². The molecule has 2 heteroatoms. The number of hydrogen-bond donors (Lipinski definition) is 1. The molecule has 0 atom stereocenters. The van der Waals surface area contributed by atoms with E-state index in [4.69, 9.17) is 0 Å². The summed E-state index contributed by atoms with van der Waals surface area (Å²) in [4.78, 5) is 4.14. The van der Waals surface area contributed by atoms with E-state index in [-0.39, 0.29) is 0 Å². The highest BCUT2D eigenvalue weighted by Crippen LogP contribution is 2.27. The summed E-state index contributed by atoms with van der Waals surface area (Å²) in [5.41, 5.74) is 1.68. The van der Waals surface area contributed by atoms with Gasteiger partial charge in [-0.25, -0.2) is 0 Å². The summed E-state index contributed by atoms with van der Waals surface area (Å²) in [5.74, 6) is 0.294. The van der Waals surface area contributed by atoms with E-state index in [1.165, 1.54) is 0 Å². The number of allylic oxidation sites excluding steroid dienone is 1. The lowest BCUT2D eigenvalue weighted by molar-refractivity contribution is 0.473. The Kier molecular flexibility index (Phi) is 1.67. The number of para-hydroxylation sites is 1. The first-order valence-corrected chi connectivity index (χ1v) is 3.89. The molecule has 0 spiro atoms. The summed E-state index contributed by atoms with van der Waals surface area (Å²) < 4.78 is 0. The fourth-order valence-electron chi connectivity index (χ4n) is 1.24. The van der Waals surface area contributed by atoms with Crippen LogP contribution in [-0.4, -0.2) is 11.3 Å². The van der Waals surface area contributed by atoms with Crippen molar-refractivity contribution >= 4 is 11.9 Å². The Labute approximate surface area is 70.9 Å². The highest BCUT2D eigenvalue weighted by molar-refractivity contribution is 5.82. The maximum Gasteiger partial charge on any atom is 0.124 e. The Bertz CT molecular complexity index is 353. The van der Waals surface area contributed by atoms with Gasteiger partial charge in [-0.15, -0.1) is 0 Å². The molecule has 2 nitrogen and oxygen atoms in total. The van der Waals surface area contributed by atoms with Gasteiger partial charge in [0.15, 0.2) is 0 Å². The fourth-order valence-corrected chi connectivity index (χ4v) is 1.24. The van der Waals surface area contributed by atoms with Gasteiger partial charge < -0.3 is 5.11 Å². The predicted molar refractivity (Wildman–Crippen MR) is 49.2 cm³/mol. The SMILES string of the molecule is Oc1ccccc1C1=CCC=N1. The van der Waals surface area contributed by atoms with Gasteiger partial charge in [0.1, 0.15) is 5.75 Å². The number of phenols is 1. The van der Waals surface area contributed by atoms with Crippen molar-refractivity contribution in [1.82, 2.24) is 0 Å². The normalized spacial score (nSPS) is 14.8. The Balaban J connectivity index is 2.46. The van der Waals surface area contributed by atoms with Gasteiger partial charge >= 0.3 is 0 Å². The summed E-state index contributed by atoms with van der Waals surface area (Å²) in [5, 5.41) is 9.46. The van der Waals surface area contributed by atoms with E-state index in [1.807, 2.05) is 24.4 Å². The molecule has 0 fully saturated rings. The second-order valence-electron chi connectivity index (χ2n) is 2.65. The first-order valence-electron chi connectivity index (χ1n) is 3.89. The van der Waals surface area contributed by atoms with Crippen molar-refractivity contribution in [2.75, 3.05) is 0 Å². The van der Waals surface area contributed by atoms with Gasteiger partial charge in [-0.3, -0.25) is 4.99 Å². The van der Waals surface area contributed by atoms with Crippen LogP contribution >= 0.6 is 0 Å². The molecular weight excluding hydrogens is 150 g/mol. The third-order valence-corrected chi connectivity index (χ3v) is 1.83. The summed E-state index contributed by atoms with van der Waals surface area (Å²) in [6.45, 7) is 0. The minimum absolute atomic E-state index is 0.294. The maximum absolute atomic E-state index is 9.46. The summed E-state index contributed by atoms with van der Waals surface area (Å²) in [6, 6.07) is 7.23. The first-order chi connectivity index (χ1) is 5.88. The average Bonchev–Trinajstić information content (AvgIpc) is 2.57. The van der Waals surface area contributed by atoms with Gasteiger partial charge in [0.2, 0.25) is 0 Å². The van der Waals surface area contributed by atoms with E-state index in [0.29, 0.717) is 5.75 Å². The minimum atomic E-state index is 0.294. The van der Waals surface area contributed by atoms with Crippen molar-refractivity contribution in [2.24, 2.45) is 4.99 Å². The van der Waals surface area contributed by atoms with Crippen LogP contribution in [0, 0.1) is 0 Å². The monoisotopic (exact) mass is 159 g/mol. The molecule has 1 N–H and O–H groups in total. The molecule has 0 aromatic heterocycles. The molecule has 0 bridgehead atoms. The van der Waals surface area contributed by atoms with E-state index >= 15 is 0 Å². The van der Waals surface area contributed by atoms with E-state index < -0.39 is 0 Å². The van der Waals surface area contributed by atoms with Gasteiger partial charge in [0, 0.05) is 18.2 Å². The van der Waals surface area contributed by atoms with Gasteiger partial charge in [-0.05, 0) is 12.1 Å². The van der Waals surface area contributed by atoms with E-state index in [0.717, 1.165) is 17.7 Å². The number of benzene rings is 1. The molecule has 1 aromatic rings. The van der Waals surface area contributed by atoms with Crippen LogP contribution in [0.5, 0.6) is 5.75 Å². The molecule has 0 aliphatic carbocycles. The van der Waals surface area contributed by atoms with Crippen molar-refractivity contribution in [3.8, 4) is 5.75 Å². The van der Waals surface area contributed by atoms with Crippen LogP contribution in [0.3, 0.4) is 0 Å². The molecule has 0 saturated heterocycles. The van der Waals surface area contributed by atoms with Gasteiger partial charge in [-0.1, -0.05) is 18.2 Å². The van der Waals surface area contributed by atoms with Crippen LogP contribution in [0.15, 0.2) is 35.3 Å². The number of nitrogens with zero attached hydrogens (tertiary/aromatic N) is 1. The average molecular weight is 159 g/mol. The lowest BCUT2D eigenvalue weighted by atomic mass is 10.1. The second kappa shape index (κ2) is 2.81. The molecule has 0 radical (unpaired) electrons. The Hall–Kier alpha value is -1.57. The van der Waals surface area contributed by atoms with Gasteiger partial charge in [0.05, 0.1) is 5.70 Å². The van der Waals surface area contributed by atoms with E-state index in [9.17, 15) is 5.11 Å². The van der Waals surface area contributed by atoms with E-state index in [2.05, 4.69) is 4.99 Å². The standard InChI is InChI=1S/C10H9NO/c12-10-6-2-1-4-8(10)9-5-3-7-11-9/h1-2,4-7,12H,3H2. The van der Waals surface area contributed by atoms with Crippen LogP contribution < -0.4 is 0 Å². The number of phenolic OH excluding ortho intramolecular Hbond substituents is 1. The molecule has 1 aliphatic heterocycles. The molecule has 0 amide bonds. The topological polar surface area (TPSA) is 32.6 Å². The molecule has 0 saturated carbocycles. The van der Waals surface area contributed by atoms with Crippen LogP contribution in [0.1, 0.15) is 12.0 Å². The fraction of sp³-hybridized carbons (Fsp3) is 0.100. The number of aliphatic imine (C=N–C) groups is 1. The summed E-state index contributed by atoms with van der Waals surface area (Å²) in [6.07, 6.45) is 4.69. The molecule has 1 aliphatic rings. The lowest BCUT2D eigenvalue weighted by Crippen LogP contribution is -1.78. The van der Waals surface area contributed by atoms with Crippen LogP contribution in [0.25, 0.3) is 5.70 Å². The number of aromatic hydroxyl groups is 1. The van der Waals surface area contributed by atoms with Crippen LogP contribution in [-0.2, 0) is 0 Å². The quantitative estimate of drug-likeness (QED) is 0.669. The number of rotatable bonds is 1. The lowest BCUT2D eigenvalue weighted by Gasteiger charge is -2.00. The Morgan fingerprint density at radius 3 is 2.75 bits per heavy atom. The maximum atomic E-state index is 9.46. The third kappa shape index (κ3) is 1.11. The molecule has 1 aromatic carbocycles. The number of hydrogen-bond acceptors (Lipinski definition) is 2. The molecule has 2 rings (SSSR count). The third-order valence-electron chi connectivity index (χ3n) is 1.83. The van der Waals surface area contributed by atoms with Crippen molar-refractivity contribution < 1.29 is 5.11 Å². The first kappa shape index (κ1) is 7.10. The Morgan fingerprint density at radius 2 is 2.08 bits per heavy atom. The summed E-state index contributed by atoms with van der Waals surface area (Å²) in [7, 11) is 0. The second-order valence-corrected chi connectivity index (χ2v) is 2.65. The largest absolute Gasteiger partial charge is 0.507 e. The molecule has 12 heavy (non-hydrogen) atoms. The van der Waals surface area contributed by atoms with Crippen LogP contribution in [0.2, 0.25) is 0 Å². The highest BCUT2D eigenvalue weighted by Gasteiger charge is 2.06. The minimum Gasteiger partial charge on any atom is -0.507 e. The smallest absolute Gasteiger partial charge is 0.124 e. The Morgan fingerprint density at radius 1 is 1.25 bits per heavy atom. The molecule has 60 valence electrons. The summed E-state index contributed by atoms with van der Waals surface area (Å²) >= 11 is 0. The van der Waals surface area contributed by atoms with Gasteiger partial charge in [-0.2, -0.15) is 0 Å². The van der Waals surface area contributed by atoms with Crippen molar-refractivity contribution in [3.63, 3.8) is 0 Å². The van der Waals surface area contributed by atoms with Crippen molar-refractivity contribution in [3.05, 3.63) is 35.9 Å². The van der Waals surface area contributed by atoms with E-state index in [1.54, 1.807) is 12.1 Å². The highest BCUT2D eigenvalue weighted by atomic mass is 16.3. The van der Waals surface area contributed by atoms with Crippen LogP contribution in [0.4, 0.5) is 0 Å².